The van der Waals surface area contributed by atoms with Crippen molar-refractivity contribution in [1.29, 1.82) is 0 Å². The number of aliphatic hydroxyl groups is 2. The van der Waals surface area contributed by atoms with E-state index in [0.717, 1.165) is 5.57 Å². The number of fused-ring (bicyclic) bond motifs is 2. The number of hydrogen-bond donors (Lipinski definition) is 2. The molecule has 3 rings (SSSR count). The zero-order chi connectivity index (χ0) is 18.5. The van der Waals surface area contributed by atoms with Gasteiger partial charge in [0, 0.05) is 36.2 Å². The summed E-state index contributed by atoms with van der Waals surface area (Å²) < 4.78 is 11.0. The summed E-state index contributed by atoms with van der Waals surface area (Å²) in [7, 11) is 0. The van der Waals surface area contributed by atoms with Gasteiger partial charge in [-0.1, -0.05) is 32.6 Å². The van der Waals surface area contributed by atoms with Crippen LogP contribution in [0.5, 0.6) is 0 Å². The van der Waals surface area contributed by atoms with Crippen LogP contribution in [0.2, 0.25) is 0 Å². The molecule has 0 amide bonds. The van der Waals surface area contributed by atoms with Crippen molar-refractivity contribution in [2.45, 2.75) is 50.9 Å². The van der Waals surface area contributed by atoms with Gasteiger partial charge in [-0.15, -0.1) is 0 Å². The Morgan fingerprint density at radius 2 is 2.12 bits per heavy atom. The van der Waals surface area contributed by atoms with Crippen LogP contribution in [-0.4, -0.2) is 46.6 Å². The van der Waals surface area contributed by atoms with Gasteiger partial charge in [-0.25, -0.2) is 4.79 Å². The first-order chi connectivity index (χ1) is 11.7. The first-order valence-electron chi connectivity index (χ1n) is 8.79. The predicted molar refractivity (Wildman–Crippen MR) is 89.2 cm³/mol. The molecule has 2 N–H and O–H groups in total. The lowest BCUT2D eigenvalue weighted by molar-refractivity contribution is -0.154. The zero-order valence-corrected chi connectivity index (χ0v) is 14.7. The highest BCUT2D eigenvalue weighted by molar-refractivity contribution is 5.90. The molecule has 3 fully saturated rings. The fourth-order valence-corrected chi connectivity index (χ4v) is 4.53. The topological polar surface area (TPSA) is 93.1 Å². The van der Waals surface area contributed by atoms with Crippen molar-refractivity contribution in [2.75, 3.05) is 6.61 Å². The van der Waals surface area contributed by atoms with Crippen molar-refractivity contribution >= 4 is 11.9 Å². The minimum Gasteiger partial charge on any atom is -0.461 e. The Morgan fingerprint density at radius 1 is 1.44 bits per heavy atom. The Kier molecular flexibility index (Phi) is 4.54. The third-order valence-electron chi connectivity index (χ3n) is 5.95. The van der Waals surface area contributed by atoms with Crippen molar-refractivity contribution < 1.29 is 29.3 Å². The standard InChI is InChI=1S/C19H26O6/c1-9(2)17(21)25-15-7-19(23,8-20)13-6-12-11(4)18(22)24-14(12)5-10(3)16(13)15/h9,12-16,20,23H,3-8H2,1-2H3/t12-,13-,14-,15+,16-,19+/m1/s1. The van der Waals surface area contributed by atoms with Crippen molar-refractivity contribution in [3.05, 3.63) is 24.3 Å². The molecule has 0 bridgehead atoms. The summed E-state index contributed by atoms with van der Waals surface area (Å²) in [5, 5.41) is 20.8. The second-order valence-corrected chi connectivity index (χ2v) is 7.90. The largest absolute Gasteiger partial charge is 0.461 e. The molecule has 0 aromatic carbocycles. The number of hydrogen-bond acceptors (Lipinski definition) is 6. The molecule has 6 atom stereocenters. The average molecular weight is 350 g/mol. The summed E-state index contributed by atoms with van der Waals surface area (Å²) in [4.78, 5) is 23.9. The third-order valence-corrected chi connectivity index (χ3v) is 5.95. The van der Waals surface area contributed by atoms with Crippen LogP contribution in [0.3, 0.4) is 0 Å². The van der Waals surface area contributed by atoms with E-state index in [0.29, 0.717) is 18.4 Å². The van der Waals surface area contributed by atoms with Crippen LogP contribution in [0.1, 0.15) is 33.1 Å². The molecule has 3 aliphatic rings. The summed E-state index contributed by atoms with van der Waals surface area (Å²) in [6.07, 6.45) is 0.184. The monoisotopic (exact) mass is 350 g/mol. The Hall–Kier alpha value is -1.66. The maximum absolute atomic E-state index is 12.1. The van der Waals surface area contributed by atoms with E-state index in [1.165, 1.54) is 0 Å². The molecule has 0 spiro atoms. The van der Waals surface area contributed by atoms with Crippen LogP contribution < -0.4 is 0 Å². The van der Waals surface area contributed by atoms with Crippen molar-refractivity contribution in [3.8, 4) is 0 Å². The van der Waals surface area contributed by atoms with Crippen LogP contribution in [0, 0.1) is 23.7 Å². The molecule has 6 heteroatoms. The van der Waals surface area contributed by atoms with Gasteiger partial charge in [0.15, 0.2) is 0 Å². The second-order valence-electron chi connectivity index (χ2n) is 7.90. The van der Waals surface area contributed by atoms with E-state index in [-0.39, 0.29) is 42.2 Å². The van der Waals surface area contributed by atoms with Crippen LogP contribution in [0.25, 0.3) is 0 Å². The SMILES string of the molecule is C=C1C[C@H]2OC(=O)C(=C)[C@H]2C[C@@H]2[C@@H]1[C@@H](OC(=O)C(C)C)C[C@]2(O)CO. The van der Waals surface area contributed by atoms with Gasteiger partial charge in [-0.05, 0) is 6.42 Å². The second kappa shape index (κ2) is 6.25. The first-order valence-corrected chi connectivity index (χ1v) is 8.79. The summed E-state index contributed by atoms with van der Waals surface area (Å²) in [5.41, 5.74) is -0.191. The maximum Gasteiger partial charge on any atom is 0.334 e. The molecule has 0 aromatic heterocycles. The molecule has 6 nitrogen and oxygen atoms in total. The van der Waals surface area contributed by atoms with E-state index in [9.17, 15) is 19.8 Å². The smallest absolute Gasteiger partial charge is 0.334 e. The van der Waals surface area contributed by atoms with Crippen LogP contribution in [0.4, 0.5) is 0 Å². The van der Waals surface area contributed by atoms with Crippen molar-refractivity contribution in [1.82, 2.24) is 0 Å². The Labute approximate surface area is 147 Å². The number of rotatable bonds is 3. The number of ether oxygens (including phenoxy) is 2. The summed E-state index contributed by atoms with van der Waals surface area (Å²) in [5.74, 6) is -1.86. The van der Waals surface area contributed by atoms with Crippen LogP contribution in [0.15, 0.2) is 24.3 Å². The van der Waals surface area contributed by atoms with E-state index < -0.39 is 24.3 Å². The van der Waals surface area contributed by atoms with E-state index in [1.54, 1.807) is 13.8 Å². The molecule has 0 unspecified atom stereocenters. The lowest BCUT2D eigenvalue weighted by Crippen LogP contribution is -2.40. The third kappa shape index (κ3) is 2.91. The molecule has 2 saturated carbocycles. The molecule has 1 aliphatic heterocycles. The molecule has 0 aromatic rings. The summed E-state index contributed by atoms with van der Waals surface area (Å²) in [6.45, 7) is 11.0. The van der Waals surface area contributed by atoms with Crippen molar-refractivity contribution in [2.24, 2.45) is 23.7 Å². The maximum atomic E-state index is 12.1. The highest BCUT2D eigenvalue weighted by Crippen LogP contribution is 2.53. The van der Waals surface area contributed by atoms with E-state index in [2.05, 4.69) is 13.2 Å². The highest BCUT2D eigenvalue weighted by atomic mass is 16.6. The zero-order valence-electron chi connectivity index (χ0n) is 14.7. The molecule has 138 valence electrons. The Morgan fingerprint density at radius 3 is 2.72 bits per heavy atom. The lowest BCUT2D eigenvalue weighted by Gasteiger charge is -2.31. The molecular weight excluding hydrogens is 324 g/mol. The molecule has 1 heterocycles. The van der Waals surface area contributed by atoms with Crippen LogP contribution in [-0.2, 0) is 19.1 Å². The fraction of sp³-hybridized carbons (Fsp3) is 0.684. The first kappa shape index (κ1) is 18.1. The molecule has 25 heavy (non-hydrogen) atoms. The van der Waals surface area contributed by atoms with Gasteiger partial charge in [0.2, 0.25) is 0 Å². The molecular formula is C19H26O6. The fourth-order valence-electron chi connectivity index (χ4n) is 4.53. The number of carbonyl (C=O) groups excluding carboxylic acids is 2. The predicted octanol–water partition coefficient (Wildman–Crippen LogP) is 1.36. The van der Waals surface area contributed by atoms with Crippen molar-refractivity contribution in [3.63, 3.8) is 0 Å². The van der Waals surface area contributed by atoms with Gasteiger partial charge in [-0.2, -0.15) is 0 Å². The van der Waals surface area contributed by atoms with Gasteiger partial charge < -0.3 is 19.7 Å². The Balaban J connectivity index is 1.92. The Bertz CT molecular complexity index is 623. The normalized spacial score (nSPS) is 40.5. The quantitative estimate of drug-likeness (QED) is 0.454. The van der Waals surface area contributed by atoms with Gasteiger partial charge in [0.1, 0.15) is 12.2 Å². The lowest BCUT2D eigenvalue weighted by atomic mass is 9.78. The van der Waals surface area contributed by atoms with Gasteiger partial charge in [0.05, 0.1) is 18.1 Å². The average Bonchev–Trinajstić information content (AvgIpc) is 2.90. The minimum absolute atomic E-state index is 0.162. The van der Waals surface area contributed by atoms with Crippen LogP contribution >= 0.6 is 0 Å². The molecule has 0 radical (unpaired) electrons. The number of aliphatic hydroxyl groups excluding tert-OH is 1. The van der Waals surface area contributed by atoms with Gasteiger partial charge in [-0.3, -0.25) is 4.79 Å². The molecule has 1 saturated heterocycles. The number of esters is 2. The summed E-state index contributed by atoms with van der Waals surface area (Å²) in [6, 6.07) is 0. The van der Waals surface area contributed by atoms with E-state index in [4.69, 9.17) is 9.47 Å². The van der Waals surface area contributed by atoms with Gasteiger partial charge >= 0.3 is 11.9 Å². The number of carbonyl (C=O) groups is 2. The van der Waals surface area contributed by atoms with E-state index in [1.807, 2.05) is 0 Å². The highest BCUT2D eigenvalue weighted by Gasteiger charge is 2.58. The van der Waals surface area contributed by atoms with Gasteiger partial charge in [0.25, 0.3) is 0 Å². The minimum atomic E-state index is -1.38. The van der Waals surface area contributed by atoms with E-state index >= 15 is 0 Å². The summed E-state index contributed by atoms with van der Waals surface area (Å²) >= 11 is 0. The molecule has 2 aliphatic carbocycles.